The van der Waals surface area contributed by atoms with Gasteiger partial charge in [-0.3, -0.25) is 0 Å². The Hall–Kier alpha value is 0.988. The van der Waals surface area contributed by atoms with E-state index in [9.17, 15) is 10.2 Å². The molecule has 0 spiro atoms. The predicted octanol–water partition coefficient (Wildman–Crippen LogP) is -3.29. The van der Waals surface area contributed by atoms with Gasteiger partial charge in [0.2, 0.25) is 0 Å². The number of hydrogen-bond donors (Lipinski definition) is 8. The van der Waals surface area contributed by atoms with E-state index in [1.807, 2.05) is 64.2 Å². The number of aliphatic hydroxyl groups is 8. The minimum absolute atomic E-state index is 0. The van der Waals surface area contributed by atoms with E-state index in [1.165, 1.54) is 0 Å². The number of aliphatic hydroxyl groups excluding tert-OH is 8. The molecule has 0 amide bonds. The van der Waals surface area contributed by atoms with Crippen molar-refractivity contribution < 1.29 is 71.4 Å². The maximum Gasteiger partial charge on any atom is 4.00 e. The summed E-state index contributed by atoms with van der Waals surface area (Å²) in [6.45, 7) is -0.865. The summed E-state index contributed by atoms with van der Waals surface area (Å²) in [7, 11) is 0. The molecular formula is C22H32MoO10S2+2. The molecule has 2 saturated carbocycles. The standard InChI is InChI=1S/2C6H12O5S.2C5H5.Mo/c2*7-1-2-3(8)4(9)5(10)6(12)11-2;2*1-2-4-5-3-1;/h2*2-10,12H,1H2;2*1-5H;/q;;;;+4/p-2/t2*2-,3-,4+,5-,6+;;;/m11.../s1. The van der Waals surface area contributed by atoms with Crippen molar-refractivity contribution in [2.24, 2.45) is 0 Å². The maximum atomic E-state index is 9.18. The van der Waals surface area contributed by atoms with Gasteiger partial charge < -0.3 is 75.6 Å². The van der Waals surface area contributed by atoms with Gasteiger partial charge in [-0.2, -0.15) is 0 Å². The van der Waals surface area contributed by atoms with Crippen LogP contribution in [0.4, 0.5) is 0 Å². The molecule has 0 unspecified atom stereocenters. The van der Waals surface area contributed by atoms with Gasteiger partial charge in [-0.25, -0.2) is 0 Å². The third kappa shape index (κ3) is 12.6. The molecule has 4 aliphatic rings. The zero-order chi connectivity index (χ0) is 25.7. The van der Waals surface area contributed by atoms with Gasteiger partial charge in [0.05, 0.1) is 25.4 Å². The van der Waals surface area contributed by atoms with E-state index in [-0.39, 0.29) is 21.1 Å². The SMILES string of the molecule is OC[C@H]1O[C@@H]([S-])[C@H](O)[C@@H](O)[C@@H]1O.OC[C@H]1O[C@@H]([S-])[C@H](O)[C@@H](O)[C@@H]1O.[CH]1[CH][CH][CH][CH]1.[CH]1[CH][CH][CH][CH]1.[Mo+4]. The molecule has 4 fully saturated rings. The first kappa shape index (κ1) is 36.0. The van der Waals surface area contributed by atoms with Gasteiger partial charge in [-0.05, 0) is 75.1 Å². The van der Waals surface area contributed by atoms with Crippen LogP contribution in [0.15, 0.2) is 0 Å². The van der Waals surface area contributed by atoms with Crippen molar-refractivity contribution >= 4 is 25.3 Å². The van der Waals surface area contributed by atoms with Crippen LogP contribution < -0.4 is 0 Å². The normalized spacial score (nSPS) is 40.6. The molecule has 0 aromatic heterocycles. The summed E-state index contributed by atoms with van der Waals surface area (Å²) in [5.74, 6) is 0. The zero-order valence-electron chi connectivity index (χ0n) is 18.6. The largest absolute Gasteiger partial charge is 4.00 e. The van der Waals surface area contributed by atoms with E-state index in [0.717, 1.165) is 0 Å². The maximum absolute atomic E-state index is 9.18. The molecule has 2 aliphatic heterocycles. The molecule has 0 aromatic carbocycles. The first-order chi connectivity index (χ1) is 16.1. The van der Waals surface area contributed by atoms with Crippen molar-refractivity contribution in [3.05, 3.63) is 64.2 Å². The summed E-state index contributed by atoms with van der Waals surface area (Å²) in [5.41, 5.74) is -1.97. The Morgan fingerprint density at radius 2 is 0.686 bits per heavy atom. The van der Waals surface area contributed by atoms with Crippen LogP contribution in [0, 0.1) is 64.2 Å². The summed E-state index contributed by atoms with van der Waals surface area (Å²) in [6.07, 6.45) is 10.3. The van der Waals surface area contributed by atoms with Gasteiger partial charge in [-0.15, -0.1) is 0 Å². The monoisotopic (exact) mass is 618 g/mol. The number of hydrogen-bond acceptors (Lipinski definition) is 12. The molecule has 0 aromatic rings. The van der Waals surface area contributed by atoms with Crippen LogP contribution in [-0.4, -0.2) is 114 Å². The van der Waals surface area contributed by atoms with Crippen molar-refractivity contribution in [3.8, 4) is 0 Å². The van der Waals surface area contributed by atoms with Gasteiger partial charge in [0.15, 0.2) is 0 Å². The summed E-state index contributed by atoms with van der Waals surface area (Å²) in [5, 5.41) is 72.2. The second-order valence-electron chi connectivity index (χ2n) is 7.32. The predicted molar refractivity (Wildman–Crippen MR) is 125 cm³/mol. The summed E-state index contributed by atoms with van der Waals surface area (Å²) < 4.78 is 9.67. The molecule has 10 nitrogen and oxygen atoms in total. The molecular weight excluding hydrogens is 584 g/mol. The third-order valence-electron chi connectivity index (χ3n) is 4.81. The molecule has 35 heavy (non-hydrogen) atoms. The zero-order valence-corrected chi connectivity index (χ0v) is 22.2. The van der Waals surface area contributed by atoms with Gasteiger partial charge in [0.1, 0.15) is 36.6 Å². The summed E-state index contributed by atoms with van der Waals surface area (Å²) in [6, 6.07) is 0. The Bertz CT molecular complexity index is 450. The minimum Gasteiger partial charge on any atom is -0.759 e. The Balaban J connectivity index is 0.000000468. The van der Waals surface area contributed by atoms with Gasteiger partial charge >= 0.3 is 21.1 Å². The topological polar surface area (TPSA) is 180 Å². The molecule has 10 radical (unpaired) electrons. The van der Waals surface area contributed by atoms with E-state index < -0.39 is 72.9 Å². The van der Waals surface area contributed by atoms with E-state index >= 15 is 0 Å². The van der Waals surface area contributed by atoms with Crippen LogP contribution in [0.25, 0.3) is 0 Å². The van der Waals surface area contributed by atoms with Crippen LogP contribution in [0.5, 0.6) is 0 Å². The Morgan fingerprint density at radius 3 is 0.886 bits per heavy atom. The number of ether oxygens (including phenoxy) is 2. The van der Waals surface area contributed by atoms with Crippen LogP contribution in [0.2, 0.25) is 0 Å². The molecule has 0 bridgehead atoms. The average Bonchev–Trinajstić information content (AvgIpc) is 3.60. The first-order valence-corrected chi connectivity index (χ1v) is 11.4. The smallest absolute Gasteiger partial charge is 0.759 e. The molecule has 10 atom stereocenters. The van der Waals surface area contributed by atoms with Crippen molar-refractivity contribution in [1.29, 1.82) is 0 Å². The third-order valence-corrected chi connectivity index (χ3v) is 5.59. The van der Waals surface area contributed by atoms with Crippen molar-refractivity contribution in [2.75, 3.05) is 13.2 Å². The second kappa shape index (κ2) is 20.0. The molecule has 2 heterocycles. The molecule has 4 rings (SSSR count). The van der Waals surface area contributed by atoms with Gasteiger partial charge in [0.25, 0.3) is 0 Å². The van der Waals surface area contributed by atoms with Crippen LogP contribution in [-0.2, 0) is 55.8 Å². The first-order valence-electron chi connectivity index (χ1n) is 10.4. The molecule has 13 heteroatoms. The van der Waals surface area contributed by atoms with Crippen LogP contribution in [0.3, 0.4) is 0 Å². The fraction of sp³-hybridized carbons (Fsp3) is 0.545. The average molecular weight is 617 g/mol. The van der Waals surface area contributed by atoms with E-state index in [0.29, 0.717) is 0 Å². The Kier molecular flexibility index (Phi) is 20.5. The van der Waals surface area contributed by atoms with Gasteiger partial charge in [-0.1, -0.05) is 0 Å². The Labute approximate surface area is 233 Å². The summed E-state index contributed by atoms with van der Waals surface area (Å²) >= 11 is 9.26. The van der Waals surface area contributed by atoms with Crippen molar-refractivity contribution in [1.82, 2.24) is 0 Å². The minimum atomic E-state index is -1.35. The number of rotatable bonds is 2. The molecule has 2 saturated heterocycles. The molecule has 8 N–H and O–H groups in total. The van der Waals surface area contributed by atoms with Crippen LogP contribution in [0.1, 0.15) is 0 Å². The molecule has 196 valence electrons. The Morgan fingerprint density at radius 1 is 0.457 bits per heavy atom. The van der Waals surface area contributed by atoms with E-state index in [1.54, 1.807) is 0 Å². The van der Waals surface area contributed by atoms with Crippen LogP contribution >= 0.6 is 0 Å². The summed E-state index contributed by atoms with van der Waals surface area (Å²) in [4.78, 5) is 0. The van der Waals surface area contributed by atoms with E-state index in [4.69, 9.17) is 40.1 Å². The quantitative estimate of drug-likeness (QED) is 0.115. The van der Waals surface area contributed by atoms with Crippen molar-refractivity contribution in [3.63, 3.8) is 0 Å². The molecule has 2 aliphatic carbocycles. The van der Waals surface area contributed by atoms with E-state index in [2.05, 4.69) is 25.3 Å². The fourth-order valence-electron chi connectivity index (χ4n) is 2.78. The van der Waals surface area contributed by atoms with Gasteiger partial charge in [0, 0.05) is 0 Å². The fourth-order valence-corrected chi connectivity index (χ4v) is 3.38. The second-order valence-corrected chi connectivity index (χ2v) is 8.25. The van der Waals surface area contributed by atoms with Crippen molar-refractivity contribution in [2.45, 2.75) is 59.7 Å².